The van der Waals surface area contributed by atoms with Gasteiger partial charge in [-0.2, -0.15) is 0 Å². The molecule has 0 aromatic heterocycles. The fourth-order valence-electron chi connectivity index (χ4n) is 3.04. The van der Waals surface area contributed by atoms with Gasteiger partial charge >= 0.3 is 17.9 Å². The third kappa shape index (κ3) is 5.37. The molecule has 9 nitrogen and oxygen atoms in total. The van der Waals surface area contributed by atoms with Gasteiger partial charge < -0.3 is 24.4 Å². The van der Waals surface area contributed by atoms with Gasteiger partial charge in [0.2, 0.25) is 0 Å². The zero-order chi connectivity index (χ0) is 22.1. The first-order valence-electron chi connectivity index (χ1n) is 9.76. The minimum absolute atomic E-state index is 0.0515. The lowest BCUT2D eigenvalue weighted by Gasteiger charge is -2.24. The van der Waals surface area contributed by atoms with Crippen LogP contribution in [0.25, 0.3) is 0 Å². The fourth-order valence-corrected chi connectivity index (χ4v) is 3.04. The Morgan fingerprint density at radius 3 is 2.20 bits per heavy atom. The predicted octanol–water partition coefficient (Wildman–Crippen LogP) is 0.930. The van der Waals surface area contributed by atoms with Gasteiger partial charge in [0.1, 0.15) is 12.2 Å². The Labute approximate surface area is 175 Å². The van der Waals surface area contributed by atoms with Gasteiger partial charge in [0.15, 0.2) is 6.04 Å². The Kier molecular flexibility index (Phi) is 8.40. The van der Waals surface area contributed by atoms with Crippen LogP contribution in [0.1, 0.15) is 26.3 Å². The molecule has 1 aromatic rings. The lowest BCUT2D eigenvalue weighted by atomic mass is 10.1. The Morgan fingerprint density at radius 1 is 0.967 bits per heavy atom. The molecule has 1 unspecified atom stereocenters. The molecule has 162 valence electrons. The van der Waals surface area contributed by atoms with E-state index in [0.29, 0.717) is 0 Å². The first-order chi connectivity index (χ1) is 14.4. The van der Waals surface area contributed by atoms with Crippen LogP contribution in [-0.4, -0.2) is 61.1 Å². The highest BCUT2D eigenvalue weighted by atomic mass is 16.5. The highest BCUT2D eigenvalue weighted by Gasteiger charge is 2.48. The number of amides is 1. The molecule has 1 aliphatic rings. The maximum atomic E-state index is 13.2. The molecule has 1 heterocycles. The van der Waals surface area contributed by atoms with Gasteiger partial charge in [0.25, 0.3) is 5.91 Å². The number of carbonyl (C=O) groups excluding carboxylic acids is 4. The van der Waals surface area contributed by atoms with E-state index in [0.717, 1.165) is 5.56 Å². The van der Waals surface area contributed by atoms with Crippen LogP contribution < -0.4 is 5.32 Å². The minimum atomic E-state index is -1.29. The van der Waals surface area contributed by atoms with Crippen molar-refractivity contribution in [3.05, 3.63) is 47.2 Å². The van der Waals surface area contributed by atoms with Crippen LogP contribution in [-0.2, 0) is 39.9 Å². The minimum Gasteiger partial charge on any atom is -0.465 e. The summed E-state index contributed by atoms with van der Waals surface area (Å²) < 4.78 is 15.1. The van der Waals surface area contributed by atoms with Crippen molar-refractivity contribution in [3.8, 4) is 0 Å². The van der Waals surface area contributed by atoms with Crippen molar-refractivity contribution < 1.29 is 33.4 Å². The zero-order valence-electron chi connectivity index (χ0n) is 17.3. The molecule has 1 aromatic carbocycles. The Balaban J connectivity index is 2.44. The second-order valence-electron chi connectivity index (χ2n) is 6.24. The standard InChI is InChI=1S/C21H26N2O7/c1-4-28-15(24)12-22-17-16(20(26)29-5-2)18(21(27)30-6-3)23(19(17)25)13-14-10-8-7-9-11-14/h7-11,18,22H,4-6,12-13H2,1-3H3. The molecule has 1 aliphatic heterocycles. The fraction of sp³-hybridized carbons (Fsp3) is 0.429. The molecule has 9 heteroatoms. The average molecular weight is 418 g/mol. The molecule has 1 N–H and O–H groups in total. The van der Waals surface area contributed by atoms with Gasteiger partial charge in [-0.1, -0.05) is 30.3 Å². The molecule has 1 amide bonds. The van der Waals surface area contributed by atoms with Crippen LogP contribution in [0.15, 0.2) is 41.6 Å². The molecular formula is C21H26N2O7. The number of nitrogens with one attached hydrogen (secondary N) is 1. The predicted molar refractivity (Wildman–Crippen MR) is 106 cm³/mol. The highest BCUT2D eigenvalue weighted by molar-refractivity contribution is 6.12. The third-order valence-electron chi connectivity index (χ3n) is 4.24. The first kappa shape index (κ1) is 22.9. The van der Waals surface area contributed by atoms with E-state index >= 15 is 0 Å². The van der Waals surface area contributed by atoms with E-state index < -0.39 is 29.9 Å². The maximum absolute atomic E-state index is 13.2. The molecule has 0 fully saturated rings. The SMILES string of the molecule is CCOC(=O)CNC1=C(C(=O)OCC)C(C(=O)OCC)N(Cc2ccccc2)C1=O. The molecule has 2 rings (SSSR count). The van der Waals surface area contributed by atoms with Gasteiger partial charge in [-0.05, 0) is 26.3 Å². The number of hydrogen-bond donors (Lipinski definition) is 1. The van der Waals surface area contributed by atoms with Crippen LogP contribution in [0.4, 0.5) is 0 Å². The molecule has 0 spiro atoms. The van der Waals surface area contributed by atoms with Crippen molar-refractivity contribution in [2.45, 2.75) is 33.4 Å². The first-order valence-corrected chi connectivity index (χ1v) is 9.76. The number of nitrogens with zero attached hydrogens (tertiary/aromatic N) is 1. The number of hydrogen-bond acceptors (Lipinski definition) is 8. The zero-order valence-corrected chi connectivity index (χ0v) is 17.3. The highest BCUT2D eigenvalue weighted by Crippen LogP contribution is 2.29. The number of esters is 3. The summed E-state index contributed by atoms with van der Waals surface area (Å²) in [5.41, 5.74) is 0.408. The number of ether oxygens (including phenoxy) is 3. The van der Waals surface area contributed by atoms with Crippen molar-refractivity contribution in [1.29, 1.82) is 0 Å². The van der Waals surface area contributed by atoms with Gasteiger partial charge in [0.05, 0.1) is 25.4 Å². The quantitative estimate of drug-likeness (QED) is 0.441. The number of carbonyl (C=O) groups is 4. The monoisotopic (exact) mass is 418 g/mol. The van der Waals surface area contributed by atoms with Gasteiger partial charge in [0, 0.05) is 6.54 Å². The molecule has 0 radical (unpaired) electrons. The van der Waals surface area contributed by atoms with Crippen LogP contribution >= 0.6 is 0 Å². The van der Waals surface area contributed by atoms with Crippen LogP contribution in [0, 0.1) is 0 Å². The molecular weight excluding hydrogens is 392 g/mol. The molecule has 0 aliphatic carbocycles. The average Bonchev–Trinajstić information content (AvgIpc) is 2.99. The summed E-state index contributed by atoms with van der Waals surface area (Å²) >= 11 is 0. The topological polar surface area (TPSA) is 111 Å². The van der Waals surface area contributed by atoms with Crippen LogP contribution in [0.3, 0.4) is 0 Å². The van der Waals surface area contributed by atoms with E-state index in [2.05, 4.69) is 5.32 Å². The van der Waals surface area contributed by atoms with Crippen LogP contribution in [0.5, 0.6) is 0 Å². The van der Waals surface area contributed by atoms with E-state index in [-0.39, 0.29) is 44.2 Å². The van der Waals surface area contributed by atoms with Crippen LogP contribution in [0.2, 0.25) is 0 Å². The largest absolute Gasteiger partial charge is 0.465 e. The molecule has 30 heavy (non-hydrogen) atoms. The van der Waals surface area contributed by atoms with E-state index in [9.17, 15) is 19.2 Å². The number of benzene rings is 1. The van der Waals surface area contributed by atoms with Crippen molar-refractivity contribution >= 4 is 23.8 Å². The van der Waals surface area contributed by atoms with Crippen molar-refractivity contribution in [3.63, 3.8) is 0 Å². The number of rotatable bonds is 10. The maximum Gasteiger partial charge on any atom is 0.339 e. The van der Waals surface area contributed by atoms with Crippen molar-refractivity contribution in [2.75, 3.05) is 26.4 Å². The smallest absolute Gasteiger partial charge is 0.339 e. The lowest BCUT2D eigenvalue weighted by Crippen LogP contribution is -2.43. The second-order valence-corrected chi connectivity index (χ2v) is 6.24. The molecule has 0 saturated heterocycles. The summed E-state index contributed by atoms with van der Waals surface area (Å²) in [6, 6.07) is 7.73. The van der Waals surface area contributed by atoms with Crippen molar-refractivity contribution in [1.82, 2.24) is 10.2 Å². The van der Waals surface area contributed by atoms with Gasteiger partial charge in [-0.25, -0.2) is 9.59 Å². The summed E-state index contributed by atoms with van der Waals surface area (Å²) in [6.07, 6.45) is 0. The summed E-state index contributed by atoms with van der Waals surface area (Å²) in [6.45, 7) is 4.92. The van der Waals surface area contributed by atoms with Crippen molar-refractivity contribution in [2.24, 2.45) is 0 Å². The summed E-state index contributed by atoms with van der Waals surface area (Å²) in [4.78, 5) is 51.5. The van der Waals surface area contributed by atoms with Gasteiger partial charge in [-0.15, -0.1) is 0 Å². The molecule has 0 saturated carbocycles. The normalized spacial score (nSPS) is 15.8. The summed E-state index contributed by atoms with van der Waals surface area (Å²) in [5, 5.41) is 2.65. The van der Waals surface area contributed by atoms with E-state index in [1.165, 1.54) is 4.90 Å². The Hall–Kier alpha value is -3.36. The molecule has 0 bridgehead atoms. The Bertz CT molecular complexity index is 820. The van der Waals surface area contributed by atoms with E-state index in [1.54, 1.807) is 45.0 Å². The Morgan fingerprint density at radius 2 is 1.60 bits per heavy atom. The summed E-state index contributed by atoms with van der Waals surface area (Å²) in [5.74, 6) is -2.79. The van der Waals surface area contributed by atoms with E-state index in [1.807, 2.05) is 6.07 Å². The third-order valence-corrected chi connectivity index (χ3v) is 4.24. The second kappa shape index (κ2) is 11.0. The van der Waals surface area contributed by atoms with E-state index in [4.69, 9.17) is 14.2 Å². The van der Waals surface area contributed by atoms with Gasteiger partial charge in [-0.3, -0.25) is 9.59 Å². The summed E-state index contributed by atoms with van der Waals surface area (Å²) in [7, 11) is 0. The lowest BCUT2D eigenvalue weighted by molar-refractivity contribution is -0.153. The molecule has 1 atom stereocenters.